The van der Waals surface area contributed by atoms with Crippen molar-refractivity contribution >= 4 is 23.2 Å². The van der Waals surface area contributed by atoms with E-state index in [1.807, 2.05) is 30.3 Å². The number of carbonyl (C=O) groups excluding carboxylic acids is 2. The molecular weight excluding hydrogens is 369 g/mol. The van der Waals surface area contributed by atoms with Crippen LogP contribution in [0, 0.1) is 12.7 Å². The van der Waals surface area contributed by atoms with Gasteiger partial charge in [0.1, 0.15) is 9.88 Å². The zero-order valence-corrected chi connectivity index (χ0v) is 15.2. The Balaban J connectivity index is 1.55. The summed E-state index contributed by atoms with van der Waals surface area (Å²) in [7, 11) is 0. The molecule has 0 atom stereocenters. The first-order valence-corrected chi connectivity index (χ1v) is 8.85. The van der Waals surface area contributed by atoms with Gasteiger partial charge in [-0.1, -0.05) is 42.5 Å². The van der Waals surface area contributed by atoms with Crippen LogP contribution in [0.4, 0.5) is 4.39 Å². The van der Waals surface area contributed by atoms with E-state index in [4.69, 9.17) is 4.74 Å². The van der Waals surface area contributed by atoms with Gasteiger partial charge >= 0.3 is 0 Å². The quantitative estimate of drug-likeness (QED) is 0.662. The number of nitrogens with zero attached hydrogens (tertiary/aromatic N) is 1. The fourth-order valence-electron chi connectivity index (χ4n) is 2.24. The summed E-state index contributed by atoms with van der Waals surface area (Å²) in [5.41, 5.74) is 6.03. The molecule has 1 heterocycles. The molecule has 0 unspecified atom stereocenters. The Labute approximate surface area is 159 Å². The molecule has 6 nitrogen and oxygen atoms in total. The van der Waals surface area contributed by atoms with Crippen molar-refractivity contribution in [3.8, 4) is 16.3 Å². The monoisotopic (exact) mass is 385 g/mol. The fourth-order valence-corrected chi connectivity index (χ4v) is 3.20. The predicted octanol–water partition coefficient (Wildman–Crippen LogP) is 3.10. The second-order valence-electron chi connectivity index (χ2n) is 5.52. The smallest absolute Gasteiger partial charge is 0.281 e. The molecule has 138 valence electrons. The van der Waals surface area contributed by atoms with Crippen LogP contribution in [0.15, 0.2) is 54.6 Å². The average molecular weight is 385 g/mol. The number of hydrazine groups is 1. The van der Waals surface area contributed by atoms with Crippen LogP contribution in [-0.2, 0) is 4.79 Å². The van der Waals surface area contributed by atoms with Crippen LogP contribution < -0.4 is 15.6 Å². The molecule has 3 rings (SSSR count). The lowest BCUT2D eigenvalue weighted by molar-refractivity contribution is -0.123. The van der Waals surface area contributed by atoms with Gasteiger partial charge in [0.2, 0.25) is 0 Å². The number of para-hydroxylation sites is 1. The van der Waals surface area contributed by atoms with Crippen molar-refractivity contribution in [2.75, 3.05) is 6.61 Å². The summed E-state index contributed by atoms with van der Waals surface area (Å²) in [5, 5.41) is 0.715. The van der Waals surface area contributed by atoms with Crippen molar-refractivity contribution in [3.05, 3.63) is 71.0 Å². The maximum Gasteiger partial charge on any atom is 0.281 e. The molecule has 2 amide bonds. The first-order valence-electron chi connectivity index (χ1n) is 8.04. The number of benzene rings is 2. The Hall–Kier alpha value is -3.26. The van der Waals surface area contributed by atoms with Crippen molar-refractivity contribution in [2.24, 2.45) is 0 Å². The highest BCUT2D eigenvalue weighted by Gasteiger charge is 2.17. The molecule has 2 N–H and O–H groups in total. The highest BCUT2D eigenvalue weighted by Crippen LogP contribution is 2.27. The van der Waals surface area contributed by atoms with Gasteiger partial charge in [0.05, 0.1) is 5.69 Å². The second-order valence-corrected chi connectivity index (χ2v) is 6.52. The first kappa shape index (κ1) is 18.5. The summed E-state index contributed by atoms with van der Waals surface area (Å²) >= 11 is 1.23. The van der Waals surface area contributed by atoms with Crippen LogP contribution in [0.1, 0.15) is 15.4 Å². The molecule has 0 aliphatic carbocycles. The molecule has 27 heavy (non-hydrogen) atoms. The summed E-state index contributed by atoms with van der Waals surface area (Å²) in [5.74, 6) is -1.70. The Bertz CT molecular complexity index is 960. The second kappa shape index (κ2) is 8.41. The van der Waals surface area contributed by atoms with Gasteiger partial charge < -0.3 is 4.74 Å². The minimum absolute atomic E-state index is 0.0372. The molecule has 0 aliphatic rings. The van der Waals surface area contributed by atoms with E-state index in [1.165, 1.54) is 29.5 Å². The molecule has 0 saturated heterocycles. The molecule has 8 heteroatoms. The molecule has 2 aromatic carbocycles. The van der Waals surface area contributed by atoms with Crippen LogP contribution in [0.2, 0.25) is 0 Å². The molecule has 0 radical (unpaired) electrons. The Kier molecular flexibility index (Phi) is 5.77. The number of halogens is 1. The standard InChI is InChI=1S/C19H16FN3O3S/c1-12-17(27-19(21-12)13-7-3-2-4-8-13)18(25)23-22-16(24)11-26-15-10-6-5-9-14(15)20/h2-10H,11H2,1H3,(H,22,24)(H,23,25). The minimum atomic E-state index is -0.614. The number of amides is 2. The largest absolute Gasteiger partial charge is 0.481 e. The van der Waals surface area contributed by atoms with E-state index >= 15 is 0 Å². The lowest BCUT2D eigenvalue weighted by atomic mass is 10.2. The fraction of sp³-hybridized carbons (Fsp3) is 0.105. The van der Waals surface area contributed by atoms with Gasteiger partial charge in [-0.25, -0.2) is 9.37 Å². The normalized spacial score (nSPS) is 10.3. The molecule has 0 aliphatic heterocycles. The summed E-state index contributed by atoms with van der Waals surface area (Å²) in [6, 6.07) is 15.2. The zero-order valence-electron chi connectivity index (χ0n) is 14.4. The van der Waals surface area contributed by atoms with Crippen molar-refractivity contribution in [2.45, 2.75) is 6.92 Å². The summed E-state index contributed by atoms with van der Waals surface area (Å²) < 4.78 is 18.5. The number of thiazole rings is 1. The third-order valence-electron chi connectivity index (χ3n) is 3.53. The van der Waals surface area contributed by atoms with E-state index in [0.717, 1.165) is 5.56 Å². The number of ether oxygens (including phenoxy) is 1. The van der Waals surface area contributed by atoms with Gasteiger partial charge in [0, 0.05) is 5.56 Å². The Morgan fingerprint density at radius 2 is 1.78 bits per heavy atom. The van der Waals surface area contributed by atoms with Gasteiger partial charge in [-0.3, -0.25) is 20.4 Å². The van der Waals surface area contributed by atoms with Crippen molar-refractivity contribution in [1.82, 2.24) is 15.8 Å². The van der Waals surface area contributed by atoms with Crippen LogP contribution in [-0.4, -0.2) is 23.4 Å². The third kappa shape index (κ3) is 4.68. The number of carbonyl (C=O) groups is 2. The number of aromatic nitrogens is 1. The van der Waals surface area contributed by atoms with E-state index in [2.05, 4.69) is 15.8 Å². The van der Waals surface area contributed by atoms with Gasteiger partial charge in [-0.2, -0.15) is 0 Å². The maximum atomic E-state index is 13.4. The van der Waals surface area contributed by atoms with Crippen molar-refractivity contribution < 1.29 is 18.7 Å². The summed E-state index contributed by atoms with van der Waals surface area (Å²) in [6.07, 6.45) is 0. The lowest BCUT2D eigenvalue weighted by Gasteiger charge is -2.08. The van der Waals surface area contributed by atoms with E-state index in [0.29, 0.717) is 15.6 Å². The maximum absolute atomic E-state index is 13.4. The molecule has 0 spiro atoms. The number of hydrogen-bond donors (Lipinski definition) is 2. The number of nitrogens with one attached hydrogen (secondary N) is 2. The lowest BCUT2D eigenvalue weighted by Crippen LogP contribution is -2.43. The highest BCUT2D eigenvalue weighted by atomic mass is 32.1. The predicted molar refractivity (Wildman–Crippen MR) is 99.8 cm³/mol. The molecule has 3 aromatic rings. The van der Waals surface area contributed by atoms with Gasteiger partial charge in [-0.05, 0) is 19.1 Å². The molecule has 0 saturated carbocycles. The minimum Gasteiger partial charge on any atom is -0.481 e. The summed E-state index contributed by atoms with van der Waals surface area (Å²) in [4.78, 5) is 28.9. The van der Waals surface area contributed by atoms with Crippen LogP contribution >= 0.6 is 11.3 Å². The number of hydrogen-bond acceptors (Lipinski definition) is 5. The molecule has 1 aromatic heterocycles. The number of rotatable bonds is 5. The van der Waals surface area contributed by atoms with Crippen LogP contribution in [0.5, 0.6) is 5.75 Å². The van der Waals surface area contributed by atoms with E-state index < -0.39 is 24.2 Å². The topological polar surface area (TPSA) is 80.3 Å². The Morgan fingerprint density at radius 3 is 2.52 bits per heavy atom. The zero-order chi connectivity index (χ0) is 19.2. The SMILES string of the molecule is Cc1nc(-c2ccccc2)sc1C(=O)NNC(=O)COc1ccccc1F. The van der Waals surface area contributed by atoms with E-state index in [9.17, 15) is 14.0 Å². The third-order valence-corrected chi connectivity index (χ3v) is 4.74. The van der Waals surface area contributed by atoms with E-state index in [1.54, 1.807) is 13.0 Å². The average Bonchev–Trinajstić information content (AvgIpc) is 3.08. The molecule has 0 bridgehead atoms. The van der Waals surface area contributed by atoms with Crippen molar-refractivity contribution in [1.29, 1.82) is 0 Å². The molecular formula is C19H16FN3O3S. The first-order chi connectivity index (χ1) is 13.0. The van der Waals surface area contributed by atoms with E-state index in [-0.39, 0.29) is 5.75 Å². The van der Waals surface area contributed by atoms with Gasteiger partial charge in [0.15, 0.2) is 18.2 Å². The Morgan fingerprint density at radius 1 is 1.07 bits per heavy atom. The van der Waals surface area contributed by atoms with Crippen molar-refractivity contribution in [3.63, 3.8) is 0 Å². The van der Waals surface area contributed by atoms with Crippen LogP contribution in [0.25, 0.3) is 10.6 Å². The van der Waals surface area contributed by atoms with Crippen LogP contribution in [0.3, 0.4) is 0 Å². The van der Waals surface area contributed by atoms with Gasteiger partial charge in [0.25, 0.3) is 11.8 Å². The van der Waals surface area contributed by atoms with Gasteiger partial charge in [-0.15, -0.1) is 11.3 Å². The summed E-state index contributed by atoms with van der Waals surface area (Å²) in [6.45, 7) is 1.29. The molecule has 0 fully saturated rings. The highest BCUT2D eigenvalue weighted by molar-refractivity contribution is 7.17. The number of aryl methyl sites for hydroxylation is 1.